The Labute approximate surface area is 143 Å². The second kappa shape index (κ2) is 8.50. The van der Waals surface area contributed by atoms with Gasteiger partial charge in [-0.1, -0.05) is 48.5 Å². The van der Waals surface area contributed by atoms with Gasteiger partial charge in [0.15, 0.2) is 0 Å². The molecule has 3 rings (SSSR count). The summed E-state index contributed by atoms with van der Waals surface area (Å²) in [6.07, 6.45) is 0.438. The molecule has 0 spiro atoms. The minimum atomic E-state index is 0.185. The quantitative estimate of drug-likeness (QED) is 0.819. The smallest absolute Gasteiger partial charge is 0.226 e. The van der Waals surface area contributed by atoms with Crippen LogP contribution in [-0.4, -0.2) is 48.5 Å². The van der Waals surface area contributed by atoms with Gasteiger partial charge in [0.05, 0.1) is 13.0 Å². The van der Waals surface area contributed by atoms with Crippen molar-refractivity contribution in [3.8, 4) is 5.75 Å². The molecule has 1 fully saturated rings. The van der Waals surface area contributed by atoms with Crippen molar-refractivity contribution in [3.63, 3.8) is 0 Å². The number of ether oxygens (including phenoxy) is 1. The van der Waals surface area contributed by atoms with Crippen LogP contribution in [0.1, 0.15) is 12.0 Å². The number of piperazine rings is 1. The van der Waals surface area contributed by atoms with E-state index in [9.17, 15) is 4.79 Å². The highest BCUT2D eigenvalue weighted by Crippen LogP contribution is 2.11. The third-order valence-electron chi connectivity index (χ3n) is 4.30. The zero-order valence-corrected chi connectivity index (χ0v) is 13.9. The Morgan fingerprint density at radius 3 is 2.17 bits per heavy atom. The molecule has 24 heavy (non-hydrogen) atoms. The van der Waals surface area contributed by atoms with Crippen LogP contribution in [0.15, 0.2) is 60.7 Å². The molecule has 2 aromatic carbocycles. The van der Waals surface area contributed by atoms with Crippen LogP contribution in [0.4, 0.5) is 0 Å². The van der Waals surface area contributed by atoms with Crippen molar-refractivity contribution in [1.29, 1.82) is 0 Å². The third-order valence-corrected chi connectivity index (χ3v) is 4.30. The second-order valence-electron chi connectivity index (χ2n) is 6.05. The zero-order valence-electron chi connectivity index (χ0n) is 13.9. The lowest BCUT2D eigenvalue weighted by atomic mass is 10.2. The van der Waals surface area contributed by atoms with E-state index in [1.807, 2.05) is 41.3 Å². The fourth-order valence-electron chi connectivity index (χ4n) is 2.93. The van der Waals surface area contributed by atoms with E-state index in [1.165, 1.54) is 5.56 Å². The fourth-order valence-corrected chi connectivity index (χ4v) is 2.93. The van der Waals surface area contributed by atoms with Gasteiger partial charge in [0, 0.05) is 32.7 Å². The summed E-state index contributed by atoms with van der Waals surface area (Å²) in [4.78, 5) is 16.6. The van der Waals surface area contributed by atoms with Crippen molar-refractivity contribution < 1.29 is 9.53 Å². The third kappa shape index (κ3) is 4.83. The van der Waals surface area contributed by atoms with E-state index in [0.717, 1.165) is 38.5 Å². The number of hydrogen-bond donors (Lipinski definition) is 0. The van der Waals surface area contributed by atoms with Gasteiger partial charge in [-0.2, -0.15) is 0 Å². The highest BCUT2D eigenvalue weighted by Gasteiger charge is 2.20. The molecule has 0 aliphatic carbocycles. The second-order valence-corrected chi connectivity index (χ2v) is 6.05. The summed E-state index contributed by atoms with van der Waals surface area (Å²) in [5, 5.41) is 0. The van der Waals surface area contributed by atoms with E-state index in [1.54, 1.807) is 0 Å². The minimum absolute atomic E-state index is 0.185. The number of nitrogens with zero attached hydrogens (tertiary/aromatic N) is 2. The molecule has 1 heterocycles. The molecule has 0 unspecified atom stereocenters. The summed E-state index contributed by atoms with van der Waals surface area (Å²) in [6.45, 7) is 4.86. The summed E-state index contributed by atoms with van der Waals surface area (Å²) < 4.78 is 5.61. The Morgan fingerprint density at radius 2 is 1.50 bits per heavy atom. The molecule has 1 aliphatic rings. The maximum Gasteiger partial charge on any atom is 0.226 e. The topological polar surface area (TPSA) is 32.8 Å². The number of carbonyl (C=O) groups excluding carboxylic acids is 1. The molecule has 1 saturated heterocycles. The highest BCUT2D eigenvalue weighted by atomic mass is 16.5. The Morgan fingerprint density at radius 1 is 0.875 bits per heavy atom. The Bertz CT molecular complexity index is 623. The van der Waals surface area contributed by atoms with Crippen LogP contribution in [-0.2, 0) is 11.3 Å². The number of benzene rings is 2. The number of amides is 1. The van der Waals surface area contributed by atoms with Gasteiger partial charge in [-0.15, -0.1) is 0 Å². The van der Waals surface area contributed by atoms with Crippen molar-refractivity contribution in [1.82, 2.24) is 9.80 Å². The molecular formula is C20H24N2O2. The number of carbonyl (C=O) groups is 1. The standard InChI is InChI=1S/C20H24N2O2/c23-20(11-16-24-19-9-5-2-6-10-19)22-14-12-21(13-15-22)17-18-7-3-1-4-8-18/h1-10H,11-17H2. The molecule has 1 amide bonds. The summed E-state index contributed by atoms with van der Waals surface area (Å²) in [5.74, 6) is 1.00. The molecule has 4 nitrogen and oxygen atoms in total. The molecule has 0 N–H and O–H groups in total. The molecule has 0 radical (unpaired) electrons. The van der Waals surface area contributed by atoms with Crippen molar-refractivity contribution in [2.45, 2.75) is 13.0 Å². The van der Waals surface area contributed by atoms with Gasteiger partial charge in [0.25, 0.3) is 0 Å². The van der Waals surface area contributed by atoms with Crippen LogP contribution >= 0.6 is 0 Å². The Balaban J connectivity index is 1.37. The van der Waals surface area contributed by atoms with E-state index >= 15 is 0 Å². The van der Waals surface area contributed by atoms with E-state index in [0.29, 0.717) is 13.0 Å². The van der Waals surface area contributed by atoms with Crippen LogP contribution in [0.2, 0.25) is 0 Å². The van der Waals surface area contributed by atoms with Gasteiger partial charge in [0.1, 0.15) is 5.75 Å². The molecule has 1 aliphatic heterocycles. The van der Waals surface area contributed by atoms with Gasteiger partial charge in [0.2, 0.25) is 5.91 Å². The van der Waals surface area contributed by atoms with E-state index in [-0.39, 0.29) is 5.91 Å². The van der Waals surface area contributed by atoms with Gasteiger partial charge in [-0.25, -0.2) is 0 Å². The molecular weight excluding hydrogens is 300 g/mol. The SMILES string of the molecule is O=C(CCOc1ccccc1)N1CCN(Cc2ccccc2)CC1. The molecule has 126 valence electrons. The minimum Gasteiger partial charge on any atom is -0.493 e. The molecule has 0 atom stereocenters. The summed E-state index contributed by atoms with van der Waals surface area (Å²) in [7, 11) is 0. The van der Waals surface area contributed by atoms with E-state index in [2.05, 4.69) is 29.2 Å². The maximum atomic E-state index is 12.3. The van der Waals surface area contributed by atoms with Gasteiger partial charge in [-0.3, -0.25) is 9.69 Å². The molecule has 4 heteroatoms. The summed E-state index contributed by atoms with van der Waals surface area (Å²) in [5.41, 5.74) is 1.33. The Kier molecular flexibility index (Phi) is 5.85. The highest BCUT2D eigenvalue weighted by molar-refractivity contribution is 5.76. The largest absolute Gasteiger partial charge is 0.493 e. The lowest BCUT2D eigenvalue weighted by Gasteiger charge is -2.34. The first-order chi connectivity index (χ1) is 11.8. The van der Waals surface area contributed by atoms with Gasteiger partial charge in [-0.05, 0) is 17.7 Å². The van der Waals surface area contributed by atoms with Gasteiger partial charge < -0.3 is 9.64 Å². The zero-order chi connectivity index (χ0) is 16.6. The first kappa shape index (κ1) is 16.5. The fraction of sp³-hybridized carbons (Fsp3) is 0.350. The molecule has 0 saturated carbocycles. The van der Waals surface area contributed by atoms with Gasteiger partial charge >= 0.3 is 0 Å². The predicted molar refractivity (Wildman–Crippen MR) is 94.9 cm³/mol. The van der Waals surface area contributed by atoms with Crippen molar-refractivity contribution >= 4 is 5.91 Å². The van der Waals surface area contributed by atoms with Crippen LogP contribution < -0.4 is 4.74 Å². The average molecular weight is 324 g/mol. The summed E-state index contributed by atoms with van der Waals surface area (Å²) in [6, 6.07) is 20.1. The number of hydrogen-bond acceptors (Lipinski definition) is 3. The van der Waals surface area contributed by atoms with Crippen LogP contribution in [0.3, 0.4) is 0 Å². The predicted octanol–water partition coefficient (Wildman–Crippen LogP) is 2.80. The van der Waals surface area contributed by atoms with Crippen molar-refractivity contribution in [2.75, 3.05) is 32.8 Å². The summed E-state index contributed by atoms with van der Waals surface area (Å²) >= 11 is 0. The first-order valence-electron chi connectivity index (χ1n) is 8.53. The maximum absolute atomic E-state index is 12.3. The van der Waals surface area contributed by atoms with E-state index in [4.69, 9.17) is 4.74 Å². The van der Waals surface area contributed by atoms with Crippen LogP contribution in [0, 0.1) is 0 Å². The Hall–Kier alpha value is -2.33. The van der Waals surface area contributed by atoms with Crippen LogP contribution in [0.5, 0.6) is 5.75 Å². The van der Waals surface area contributed by atoms with Crippen molar-refractivity contribution in [2.24, 2.45) is 0 Å². The molecule has 2 aromatic rings. The average Bonchev–Trinajstić information content (AvgIpc) is 2.64. The first-order valence-corrected chi connectivity index (χ1v) is 8.53. The monoisotopic (exact) mass is 324 g/mol. The molecule has 0 aromatic heterocycles. The molecule has 0 bridgehead atoms. The van der Waals surface area contributed by atoms with Crippen molar-refractivity contribution in [3.05, 3.63) is 66.2 Å². The number of rotatable bonds is 6. The van der Waals surface area contributed by atoms with E-state index < -0.39 is 0 Å². The normalized spacial score (nSPS) is 15.2. The number of para-hydroxylation sites is 1. The lowest BCUT2D eigenvalue weighted by molar-refractivity contribution is -0.133. The van der Waals surface area contributed by atoms with Crippen LogP contribution in [0.25, 0.3) is 0 Å². The lowest BCUT2D eigenvalue weighted by Crippen LogP contribution is -2.48.